The number of benzene rings is 4. The Bertz CT molecular complexity index is 1610. The van der Waals surface area contributed by atoms with Gasteiger partial charge in [-0.25, -0.2) is 0 Å². The lowest BCUT2D eigenvalue weighted by Crippen LogP contribution is -1.95. The Morgan fingerprint density at radius 3 is 1.39 bits per heavy atom. The maximum absolute atomic E-state index is 5.74. The Morgan fingerprint density at radius 2 is 0.944 bits per heavy atom. The van der Waals surface area contributed by atoms with Gasteiger partial charge < -0.3 is 19.4 Å². The third-order valence-electron chi connectivity index (χ3n) is 6.77. The summed E-state index contributed by atoms with van der Waals surface area (Å²) in [5.74, 6) is 1.61. The predicted octanol–water partition coefficient (Wildman–Crippen LogP) is 8.06. The smallest absolute Gasteiger partial charge is 0.128 e. The van der Waals surface area contributed by atoms with Crippen LogP contribution in [-0.4, -0.2) is 24.2 Å². The van der Waals surface area contributed by atoms with E-state index in [0.29, 0.717) is 0 Å². The van der Waals surface area contributed by atoms with Crippen LogP contribution in [0.3, 0.4) is 0 Å². The van der Waals surface area contributed by atoms with Crippen LogP contribution in [0.5, 0.6) is 11.5 Å². The fraction of sp³-hybridized carbons (Fsp3) is 0.0625. The average molecular weight is 471 g/mol. The number of ether oxygens (including phenoxy) is 2. The lowest BCUT2D eigenvalue weighted by atomic mass is 9.90. The van der Waals surface area contributed by atoms with Crippen LogP contribution in [0, 0.1) is 0 Å². The topological polar surface area (TPSA) is 50.0 Å². The van der Waals surface area contributed by atoms with Crippen molar-refractivity contribution in [1.29, 1.82) is 0 Å². The van der Waals surface area contributed by atoms with Crippen molar-refractivity contribution in [3.8, 4) is 34.0 Å². The molecule has 0 radical (unpaired) electrons. The van der Waals surface area contributed by atoms with Crippen molar-refractivity contribution in [3.05, 3.63) is 115 Å². The number of fused-ring (bicyclic) bond motifs is 2. The van der Waals surface area contributed by atoms with Gasteiger partial charge in [0.25, 0.3) is 0 Å². The van der Waals surface area contributed by atoms with Crippen molar-refractivity contribution in [2.24, 2.45) is 0 Å². The molecule has 6 aromatic rings. The Kier molecular flexibility index (Phi) is 5.34. The number of nitrogens with one attached hydrogen (secondary N) is 2. The molecule has 4 aromatic carbocycles. The predicted molar refractivity (Wildman–Crippen MR) is 149 cm³/mol. The molecule has 0 spiro atoms. The van der Waals surface area contributed by atoms with Gasteiger partial charge in [0.2, 0.25) is 0 Å². The van der Waals surface area contributed by atoms with Crippen molar-refractivity contribution in [2.45, 2.75) is 0 Å². The average Bonchev–Trinajstić information content (AvgIpc) is 3.51. The molecule has 0 amide bonds. The molecule has 0 bridgehead atoms. The number of methoxy groups -OCH3 is 2. The summed E-state index contributed by atoms with van der Waals surface area (Å²) < 4.78 is 11.5. The van der Waals surface area contributed by atoms with Crippen LogP contribution in [0.2, 0.25) is 0 Å². The van der Waals surface area contributed by atoms with Gasteiger partial charge in [-0.05, 0) is 42.0 Å². The second kappa shape index (κ2) is 8.82. The fourth-order valence-corrected chi connectivity index (χ4v) is 5.14. The van der Waals surface area contributed by atoms with Gasteiger partial charge in [-0.3, -0.25) is 0 Å². The van der Waals surface area contributed by atoms with Gasteiger partial charge in [0.05, 0.1) is 25.6 Å². The highest BCUT2D eigenvalue weighted by Gasteiger charge is 2.24. The molecule has 4 heteroatoms. The van der Waals surface area contributed by atoms with Crippen LogP contribution in [-0.2, 0) is 0 Å². The van der Waals surface area contributed by atoms with E-state index >= 15 is 0 Å². The van der Waals surface area contributed by atoms with E-state index in [2.05, 4.69) is 58.5 Å². The SMILES string of the molecule is C=C(c1c(-c2ccccc2OC)[nH]c2ccccc12)c1c(-c2ccccc2OC)[nH]c2ccccc12. The monoisotopic (exact) mass is 470 g/mol. The summed E-state index contributed by atoms with van der Waals surface area (Å²) in [6, 6.07) is 32.9. The molecule has 2 N–H and O–H groups in total. The fourth-order valence-electron chi connectivity index (χ4n) is 5.14. The lowest BCUT2D eigenvalue weighted by molar-refractivity contribution is 0.416. The van der Waals surface area contributed by atoms with Crippen LogP contribution in [0.4, 0.5) is 0 Å². The van der Waals surface area contributed by atoms with Gasteiger partial charge >= 0.3 is 0 Å². The number of aromatic nitrogens is 2. The second-order valence-electron chi connectivity index (χ2n) is 8.72. The summed E-state index contributed by atoms with van der Waals surface area (Å²) in [4.78, 5) is 7.30. The first kappa shape index (κ1) is 21.8. The van der Waals surface area contributed by atoms with E-state index in [-0.39, 0.29) is 0 Å². The quantitative estimate of drug-likeness (QED) is 0.259. The molecule has 0 saturated carbocycles. The first-order chi connectivity index (χ1) is 17.7. The first-order valence-corrected chi connectivity index (χ1v) is 11.9. The Morgan fingerprint density at radius 1 is 0.556 bits per heavy atom. The third-order valence-corrected chi connectivity index (χ3v) is 6.77. The third kappa shape index (κ3) is 3.38. The van der Waals surface area contributed by atoms with E-state index in [9.17, 15) is 0 Å². The summed E-state index contributed by atoms with van der Waals surface area (Å²) in [6.45, 7) is 4.70. The van der Waals surface area contributed by atoms with Crippen molar-refractivity contribution < 1.29 is 9.47 Å². The number of aromatic amines is 2. The number of hydrogen-bond donors (Lipinski definition) is 2. The van der Waals surface area contributed by atoms with Crippen LogP contribution < -0.4 is 9.47 Å². The molecular weight excluding hydrogens is 444 g/mol. The van der Waals surface area contributed by atoms with Crippen LogP contribution >= 0.6 is 0 Å². The highest BCUT2D eigenvalue weighted by atomic mass is 16.5. The summed E-state index contributed by atoms with van der Waals surface area (Å²) in [5.41, 5.74) is 9.07. The van der Waals surface area contributed by atoms with Crippen LogP contribution in [0.25, 0.3) is 49.9 Å². The van der Waals surface area contributed by atoms with E-state index in [1.807, 2.05) is 48.5 Å². The number of para-hydroxylation sites is 4. The van der Waals surface area contributed by atoms with Gasteiger partial charge in [-0.1, -0.05) is 67.2 Å². The lowest BCUT2D eigenvalue weighted by Gasteiger charge is -2.14. The minimum absolute atomic E-state index is 0.807. The Labute approximate surface area is 209 Å². The molecule has 176 valence electrons. The van der Waals surface area contributed by atoms with Crippen molar-refractivity contribution >= 4 is 27.4 Å². The highest BCUT2D eigenvalue weighted by molar-refractivity contribution is 6.11. The molecule has 0 fully saturated rings. The molecule has 0 aliphatic carbocycles. The normalized spacial score (nSPS) is 11.2. The molecule has 0 atom stereocenters. The van der Waals surface area contributed by atoms with Gasteiger partial charge in [-0.2, -0.15) is 0 Å². The number of H-pyrrole nitrogens is 2. The molecule has 6 rings (SSSR count). The van der Waals surface area contributed by atoms with Gasteiger partial charge in [0, 0.05) is 44.1 Å². The number of hydrogen-bond acceptors (Lipinski definition) is 2. The van der Waals surface area contributed by atoms with Crippen molar-refractivity contribution in [2.75, 3.05) is 14.2 Å². The zero-order chi connectivity index (χ0) is 24.6. The summed E-state index contributed by atoms with van der Waals surface area (Å²) in [7, 11) is 3.41. The van der Waals surface area contributed by atoms with E-state index < -0.39 is 0 Å². The van der Waals surface area contributed by atoms with E-state index in [1.165, 1.54) is 0 Å². The van der Waals surface area contributed by atoms with Crippen LogP contribution in [0.15, 0.2) is 104 Å². The summed E-state index contributed by atoms with van der Waals surface area (Å²) in [6.07, 6.45) is 0. The molecule has 0 aliphatic heterocycles. The maximum atomic E-state index is 5.74. The molecule has 0 saturated heterocycles. The van der Waals surface area contributed by atoms with Gasteiger partial charge in [0.1, 0.15) is 11.5 Å². The molecule has 0 aliphatic rings. The minimum atomic E-state index is 0.807. The van der Waals surface area contributed by atoms with Crippen LogP contribution in [0.1, 0.15) is 11.1 Å². The second-order valence-corrected chi connectivity index (χ2v) is 8.72. The number of rotatable bonds is 6. The minimum Gasteiger partial charge on any atom is -0.496 e. The van der Waals surface area contributed by atoms with E-state index in [4.69, 9.17) is 16.1 Å². The molecule has 36 heavy (non-hydrogen) atoms. The first-order valence-electron chi connectivity index (χ1n) is 11.9. The maximum Gasteiger partial charge on any atom is 0.128 e. The zero-order valence-electron chi connectivity index (χ0n) is 20.3. The van der Waals surface area contributed by atoms with Crippen molar-refractivity contribution in [3.63, 3.8) is 0 Å². The van der Waals surface area contributed by atoms with Crippen molar-refractivity contribution in [1.82, 2.24) is 9.97 Å². The molecule has 2 heterocycles. The van der Waals surface area contributed by atoms with E-state index in [0.717, 1.165) is 72.5 Å². The molecule has 0 unspecified atom stereocenters. The zero-order valence-corrected chi connectivity index (χ0v) is 20.3. The van der Waals surface area contributed by atoms with Gasteiger partial charge in [-0.15, -0.1) is 0 Å². The standard InChI is InChI=1S/C32H26N2O2/c1-20(29-21-12-4-8-16-25(21)33-31(29)23-14-6-10-18-27(23)35-2)30-22-13-5-9-17-26(22)34-32(30)24-15-7-11-19-28(24)36-3/h4-19,33-34H,1H2,2-3H3. The van der Waals surface area contributed by atoms with E-state index in [1.54, 1.807) is 14.2 Å². The largest absolute Gasteiger partial charge is 0.496 e. The Hall–Kier alpha value is -4.70. The molecular formula is C32H26N2O2. The molecule has 2 aromatic heterocycles. The molecule has 4 nitrogen and oxygen atoms in total. The summed E-state index contributed by atoms with van der Waals surface area (Å²) in [5, 5.41) is 2.22. The summed E-state index contributed by atoms with van der Waals surface area (Å²) >= 11 is 0. The highest BCUT2D eigenvalue weighted by Crippen LogP contribution is 2.45. The Balaban J connectivity index is 1.67. The van der Waals surface area contributed by atoms with Gasteiger partial charge in [0.15, 0.2) is 0 Å².